The van der Waals surface area contributed by atoms with Gasteiger partial charge in [0, 0.05) is 0 Å². The van der Waals surface area contributed by atoms with Gasteiger partial charge in [-0.3, -0.25) is 0 Å². The highest BCUT2D eigenvalue weighted by Crippen LogP contribution is 2.28. The SMILES string of the molecule is COc1cc(C=NNS(=O)(=O)c2ccccc2)ccc1OC(=O)c1ccco1. The highest BCUT2D eigenvalue weighted by Gasteiger charge is 2.15. The number of hydrazone groups is 1. The van der Waals surface area contributed by atoms with Crippen molar-refractivity contribution in [3.63, 3.8) is 0 Å². The van der Waals surface area contributed by atoms with Crippen LogP contribution in [-0.4, -0.2) is 27.7 Å². The number of nitrogens with zero attached hydrogens (tertiary/aromatic N) is 1. The van der Waals surface area contributed by atoms with Crippen molar-refractivity contribution in [1.82, 2.24) is 4.83 Å². The fourth-order valence-corrected chi connectivity index (χ4v) is 3.03. The molecule has 0 saturated heterocycles. The van der Waals surface area contributed by atoms with Crippen LogP contribution in [0.5, 0.6) is 11.5 Å². The number of carbonyl (C=O) groups excluding carboxylic acids is 1. The Morgan fingerprint density at radius 2 is 1.86 bits per heavy atom. The minimum Gasteiger partial charge on any atom is -0.493 e. The van der Waals surface area contributed by atoms with E-state index in [-0.39, 0.29) is 22.2 Å². The van der Waals surface area contributed by atoms with Crippen molar-refractivity contribution < 1.29 is 27.1 Å². The average molecular weight is 400 g/mol. The number of methoxy groups -OCH3 is 1. The van der Waals surface area contributed by atoms with Crippen LogP contribution in [0.15, 0.2) is 81.3 Å². The van der Waals surface area contributed by atoms with Gasteiger partial charge in [-0.25, -0.2) is 9.63 Å². The quantitative estimate of drug-likeness (QED) is 0.283. The van der Waals surface area contributed by atoms with Gasteiger partial charge in [-0.15, -0.1) is 0 Å². The number of sulfonamides is 1. The van der Waals surface area contributed by atoms with Crippen LogP contribution >= 0.6 is 0 Å². The van der Waals surface area contributed by atoms with Gasteiger partial charge in [0.05, 0.1) is 24.5 Å². The molecule has 3 aromatic rings. The number of ether oxygens (including phenoxy) is 2. The molecule has 1 heterocycles. The number of carbonyl (C=O) groups is 1. The predicted octanol–water partition coefficient (Wildman–Crippen LogP) is 2.82. The number of rotatable bonds is 7. The molecule has 0 atom stereocenters. The summed E-state index contributed by atoms with van der Waals surface area (Å²) in [5.41, 5.74) is 0.533. The van der Waals surface area contributed by atoms with E-state index in [1.54, 1.807) is 36.4 Å². The second-order valence-electron chi connectivity index (χ2n) is 5.44. The molecular weight excluding hydrogens is 384 g/mol. The summed E-state index contributed by atoms with van der Waals surface area (Å²) in [5.74, 6) is -0.149. The minimum atomic E-state index is -3.75. The average Bonchev–Trinajstić information content (AvgIpc) is 3.24. The summed E-state index contributed by atoms with van der Waals surface area (Å²) in [6.45, 7) is 0. The Kier molecular flexibility index (Phi) is 5.75. The molecule has 2 aromatic carbocycles. The molecule has 144 valence electrons. The highest BCUT2D eigenvalue weighted by atomic mass is 32.2. The lowest BCUT2D eigenvalue weighted by Crippen LogP contribution is -2.18. The zero-order valence-electron chi connectivity index (χ0n) is 14.7. The highest BCUT2D eigenvalue weighted by molar-refractivity contribution is 7.89. The summed E-state index contributed by atoms with van der Waals surface area (Å²) >= 11 is 0. The van der Waals surface area contributed by atoms with Crippen molar-refractivity contribution in [2.45, 2.75) is 4.90 Å². The summed E-state index contributed by atoms with van der Waals surface area (Å²) in [6, 6.07) is 15.6. The van der Waals surface area contributed by atoms with Crippen molar-refractivity contribution in [2.75, 3.05) is 7.11 Å². The molecule has 0 aliphatic rings. The summed E-state index contributed by atoms with van der Waals surface area (Å²) in [4.78, 5) is 14.2. The molecule has 8 nitrogen and oxygen atoms in total. The first kappa shape index (κ1) is 19.2. The first-order chi connectivity index (χ1) is 13.5. The molecule has 0 spiro atoms. The van der Waals surface area contributed by atoms with E-state index >= 15 is 0 Å². The van der Waals surface area contributed by atoms with E-state index < -0.39 is 16.0 Å². The second-order valence-corrected chi connectivity index (χ2v) is 7.10. The normalized spacial score (nSPS) is 11.3. The van der Waals surface area contributed by atoms with Crippen molar-refractivity contribution in [3.05, 3.63) is 78.3 Å². The van der Waals surface area contributed by atoms with E-state index in [4.69, 9.17) is 13.9 Å². The molecular formula is C19H16N2O6S. The van der Waals surface area contributed by atoms with Crippen LogP contribution in [0, 0.1) is 0 Å². The molecule has 28 heavy (non-hydrogen) atoms. The smallest absolute Gasteiger partial charge is 0.379 e. The number of furan rings is 1. The van der Waals surface area contributed by atoms with E-state index in [1.165, 1.54) is 43.9 Å². The summed E-state index contributed by atoms with van der Waals surface area (Å²) in [6.07, 6.45) is 2.67. The van der Waals surface area contributed by atoms with E-state index in [9.17, 15) is 13.2 Å². The number of hydrogen-bond acceptors (Lipinski definition) is 7. The van der Waals surface area contributed by atoms with Crippen LogP contribution in [0.2, 0.25) is 0 Å². The van der Waals surface area contributed by atoms with Crippen LogP contribution in [0.3, 0.4) is 0 Å². The van der Waals surface area contributed by atoms with Crippen molar-refractivity contribution in [3.8, 4) is 11.5 Å². The van der Waals surface area contributed by atoms with Gasteiger partial charge in [0.2, 0.25) is 5.76 Å². The Morgan fingerprint density at radius 1 is 1.07 bits per heavy atom. The molecule has 1 aromatic heterocycles. The van der Waals surface area contributed by atoms with Gasteiger partial charge in [-0.1, -0.05) is 18.2 Å². The third-order valence-corrected chi connectivity index (χ3v) is 4.79. The van der Waals surface area contributed by atoms with Gasteiger partial charge in [0.15, 0.2) is 11.5 Å². The standard InChI is InChI=1S/C19H16N2O6S/c1-25-18-12-14(9-10-16(18)27-19(22)17-8-5-11-26-17)13-20-21-28(23,24)15-6-3-2-4-7-15/h2-13,21H,1H3. The number of hydrogen-bond donors (Lipinski definition) is 1. The second kappa shape index (κ2) is 8.40. The van der Waals surface area contributed by atoms with Crippen molar-refractivity contribution >= 4 is 22.2 Å². The van der Waals surface area contributed by atoms with Crippen LogP contribution < -0.4 is 14.3 Å². The third kappa shape index (κ3) is 4.57. The molecule has 0 saturated carbocycles. The van der Waals surface area contributed by atoms with Crippen LogP contribution in [0.4, 0.5) is 0 Å². The zero-order valence-corrected chi connectivity index (χ0v) is 15.5. The molecule has 3 rings (SSSR count). The maximum atomic E-state index is 12.1. The molecule has 0 unspecified atom stereocenters. The van der Waals surface area contributed by atoms with E-state index in [1.807, 2.05) is 0 Å². The molecule has 0 fully saturated rings. The Balaban J connectivity index is 1.71. The van der Waals surface area contributed by atoms with Crippen molar-refractivity contribution in [2.24, 2.45) is 5.10 Å². The maximum Gasteiger partial charge on any atom is 0.379 e. The number of benzene rings is 2. The molecule has 0 radical (unpaired) electrons. The van der Waals surface area contributed by atoms with E-state index in [2.05, 4.69) is 9.93 Å². The predicted molar refractivity (Wildman–Crippen MR) is 101 cm³/mol. The Morgan fingerprint density at radius 3 is 2.54 bits per heavy atom. The molecule has 1 N–H and O–H groups in total. The van der Waals surface area contributed by atoms with Gasteiger partial charge in [-0.2, -0.15) is 13.5 Å². The molecule has 0 bridgehead atoms. The Bertz CT molecular complexity index is 1080. The lowest BCUT2D eigenvalue weighted by Gasteiger charge is -2.09. The van der Waals surface area contributed by atoms with Gasteiger partial charge in [0.1, 0.15) is 0 Å². The monoisotopic (exact) mass is 400 g/mol. The lowest BCUT2D eigenvalue weighted by molar-refractivity contribution is 0.0696. The summed E-state index contributed by atoms with van der Waals surface area (Å²) in [5, 5.41) is 3.76. The fraction of sp³-hybridized carbons (Fsp3) is 0.0526. The van der Waals surface area contributed by atoms with E-state index in [0.717, 1.165) is 0 Å². The number of nitrogens with one attached hydrogen (secondary N) is 1. The lowest BCUT2D eigenvalue weighted by atomic mass is 10.2. The zero-order chi connectivity index (χ0) is 20.0. The van der Waals surface area contributed by atoms with Crippen molar-refractivity contribution in [1.29, 1.82) is 0 Å². The van der Waals surface area contributed by atoms with Gasteiger partial charge >= 0.3 is 5.97 Å². The number of esters is 1. The largest absolute Gasteiger partial charge is 0.493 e. The molecule has 0 amide bonds. The van der Waals surface area contributed by atoms with Gasteiger partial charge in [0.25, 0.3) is 10.0 Å². The molecule has 0 aliphatic carbocycles. The summed E-state index contributed by atoms with van der Waals surface area (Å²) in [7, 11) is -2.34. The third-order valence-electron chi connectivity index (χ3n) is 3.55. The van der Waals surface area contributed by atoms with E-state index in [0.29, 0.717) is 5.56 Å². The topological polar surface area (TPSA) is 107 Å². The van der Waals surface area contributed by atoms with Crippen LogP contribution in [0.25, 0.3) is 0 Å². The first-order valence-electron chi connectivity index (χ1n) is 8.03. The fourth-order valence-electron chi connectivity index (χ4n) is 2.22. The maximum absolute atomic E-state index is 12.1. The summed E-state index contributed by atoms with van der Waals surface area (Å²) < 4.78 is 39.7. The molecule has 9 heteroatoms. The first-order valence-corrected chi connectivity index (χ1v) is 9.51. The van der Waals surface area contributed by atoms with Gasteiger partial charge < -0.3 is 13.9 Å². The molecule has 0 aliphatic heterocycles. The minimum absolute atomic E-state index is 0.0583. The Labute approximate surface area is 161 Å². The van der Waals surface area contributed by atoms with Crippen LogP contribution in [0.1, 0.15) is 16.1 Å². The Hall–Kier alpha value is -3.59. The van der Waals surface area contributed by atoms with Gasteiger partial charge in [-0.05, 0) is 48.0 Å². The van der Waals surface area contributed by atoms with Crippen LogP contribution in [-0.2, 0) is 10.0 Å².